The van der Waals surface area contributed by atoms with Crippen molar-refractivity contribution in [3.05, 3.63) is 64.0 Å². The first-order valence-electron chi connectivity index (χ1n) is 9.65. The standard InChI is InChI=1S/C21H25N5O2/c1-16-3-5-17(6-4-16)25-13-11-24(12-14-25)10-9-21-22-19-15-18(26(27)28)7-8-20(19)23(21)2/h3-8,15H,9-14H2,1-2H3. The largest absolute Gasteiger partial charge is 0.369 e. The maximum absolute atomic E-state index is 11.0. The molecule has 1 saturated heterocycles. The molecule has 2 aromatic carbocycles. The first-order chi connectivity index (χ1) is 13.5. The predicted molar refractivity (Wildman–Crippen MR) is 111 cm³/mol. The number of hydrogen-bond donors (Lipinski definition) is 0. The van der Waals surface area contributed by atoms with Crippen molar-refractivity contribution >= 4 is 22.4 Å². The van der Waals surface area contributed by atoms with E-state index in [1.165, 1.54) is 17.3 Å². The zero-order valence-corrected chi connectivity index (χ0v) is 16.3. The van der Waals surface area contributed by atoms with Crippen LogP contribution in [0, 0.1) is 17.0 Å². The lowest BCUT2D eigenvalue weighted by Crippen LogP contribution is -2.47. The summed E-state index contributed by atoms with van der Waals surface area (Å²) in [5.41, 5.74) is 4.29. The number of hydrogen-bond acceptors (Lipinski definition) is 5. The Morgan fingerprint density at radius 2 is 1.79 bits per heavy atom. The molecule has 1 aromatic heterocycles. The molecule has 0 radical (unpaired) electrons. The molecule has 0 bridgehead atoms. The van der Waals surface area contributed by atoms with Gasteiger partial charge in [0.05, 0.1) is 16.0 Å². The number of anilines is 1. The topological polar surface area (TPSA) is 67.4 Å². The van der Waals surface area contributed by atoms with Gasteiger partial charge in [0.1, 0.15) is 5.82 Å². The van der Waals surface area contributed by atoms with Gasteiger partial charge in [-0.1, -0.05) is 17.7 Å². The Morgan fingerprint density at radius 3 is 2.46 bits per heavy atom. The van der Waals surface area contributed by atoms with Gasteiger partial charge >= 0.3 is 0 Å². The van der Waals surface area contributed by atoms with Crippen LogP contribution in [0.3, 0.4) is 0 Å². The van der Waals surface area contributed by atoms with Gasteiger partial charge in [-0.2, -0.15) is 0 Å². The molecule has 146 valence electrons. The maximum atomic E-state index is 11.0. The summed E-state index contributed by atoms with van der Waals surface area (Å²) in [5, 5.41) is 11.0. The summed E-state index contributed by atoms with van der Waals surface area (Å²) in [6.45, 7) is 7.17. The number of nitrogens with zero attached hydrogens (tertiary/aromatic N) is 5. The van der Waals surface area contributed by atoms with Crippen LogP contribution in [0.2, 0.25) is 0 Å². The fourth-order valence-electron chi connectivity index (χ4n) is 3.82. The third-order valence-electron chi connectivity index (χ3n) is 5.59. The number of nitro benzene ring substituents is 1. The number of piperazine rings is 1. The van der Waals surface area contributed by atoms with Crippen LogP contribution >= 0.6 is 0 Å². The number of nitro groups is 1. The predicted octanol–water partition coefficient (Wildman–Crippen LogP) is 3.15. The van der Waals surface area contributed by atoms with Crippen molar-refractivity contribution in [1.29, 1.82) is 0 Å². The molecular formula is C21H25N5O2. The zero-order valence-electron chi connectivity index (χ0n) is 16.3. The van der Waals surface area contributed by atoms with Crippen LogP contribution in [-0.2, 0) is 13.5 Å². The molecular weight excluding hydrogens is 354 g/mol. The van der Waals surface area contributed by atoms with E-state index < -0.39 is 0 Å². The van der Waals surface area contributed by atoms with Crippen LogP contribution in [0.4, 0.5) is 11.4 Å². The van der Waals surface area contributed by atoms with E-state index in [-0.39, 0.29) is 10.6 Å². The van der Waals surface area contributed by atoms with E-state index in [0.717, 1.165) is 50.5 Å². The average molecular weight is 379 g/mol. The number of rotatable bonds is 5. The number of non-ortho nitro benzene ring substituents is 1. The second-order valence-electron chi connectivity index (χ2n) is 7.43. The lowest BCUT2D eigenvalue weighted by atomic mass is 10.2. The van der Waals surface area contributed by atoms with Crippen molar-refractivity contribution in [3.63, 3.8) is 0 Å². The Hall–Kier alpha value is -2.93. The number of imidazole rings is 1. The second-order valence-corrected chi connectivity index (χ2v) is 7.43. The Balaban J connectivity index is 1.37. The van der Waals surface area contributed by atoms with Crippen LogP contribution in [0.1, 0.15) is 11.4 Å². The van der Waals surface area contributed by atoms with Gasteiger partial charge in [-0.25, -0.2) is 4.98 Å². The summed E-state index contributed by atoms with van der Waals surface area (Å²) < 4.78 is 2.04. The van der Waals surface area contributed by atoms with E-state index in [9.17, 15) is 10.1 Å². The molecule has 1 aliphatic heterocycles. The molecule has 0 aliphatic carbocycles. The summed E-state index contributed by atoms with van der Waals surface area (Å²) in [6.07, 6.45) is 0.837. The zero-order chi connectivity index (χ0) is 19.7. The summed E-state index contributed by atoms with van der Waals surface area (Å²) in [4.78, 5) is 20.1. The molecule has 7 heteroatoms. The van der Waals surface area contributed by atoms with Crippen molar-refractivity contribution in [3.8, 4) is 0 Å². The molecule has 0 spiro atoms. The van der Waals surface area contributed by atoms with E-state index in [1.54, 1.807) is 12.1 Å². The summed E-state index contributed by atoms with van der Waals surface area (Å²) in [7, 11) is 1.98. The maximum Gasteiger partial charge on any atom is 0.271 e. The van der Waals surface area contributed by atoms with Crippen molar-refractivity contribution in [1.82, 2.24) is 14.5 Å². The molecule has 0 unspecified atom stereocenters. The molecule has 0 atom stereocenters. The highest BCUT2D eigenvalue weighted by Crippen LogP contribution is 2.22. The normalized spacial score (nSPS) is 15.3. The fraction of sp³-hybridized carbons (Fsp3) is 0.381. The van der Waals surface area contributed by atoms with Gasteiger partial charge in [0.25, 0.3) is 5.69 Å². The highest BCUT2D eigenvalue weighted by Gasteiger charge is 2.18. The minimum Gasteiger partial charge on any atom is -0.369 e. The van der Waals surface area contributed by atoms with E-state index in [1.807, 2.05) is 11.6 Å². The first kappa shape index (κ1) is 18.4. The molecule has 2 heterocycles. The van der Waals surface area contributed by atoms with Crippen LogP contribution in [0.5, 0.6) is 0 Å². The minimum absolute atomic E-state index is 0.0874. The fourth-order valence-corrected chi connectivity index (χ4v) is 3.82. The number of benzene rings is 2. The van der Waals surface area contributed by atoms with Crippen LogP contribution in [0.15, 0.2) is 42.5 Å². The Morgan fingerprint density at radius 1 is 1.07 bits per heavy atom. The number of fused-ring (bicyclic) bond motifs is 1. The smallest absolute Gasteiger partial charge is 0.271 e. The van der Waals surface area contributed by atoms with Crippen molar-refractivity contribution < 1.29 is 4.92 Å². The third kappa shape index (κ3) is 3.71. The van der Waals surface area contributed by atoms with E-state index >= 15 is 0 Å². The molecule has 0 N–H and O–H groups in total. The van der Waals surface area contributed by atoms with Gasteiger partial charge in [-0.05, 0) is 25.1 Å². The highest BCUT2D eigenvalue weighted by molar-refractivity contribution is 5.78. The van der Waals surface area contributed by atoms with Gasteiger partial charge in [0.2, 0.25) is 0 Å². The summed E-state index contributed by atoms with van der Waals surface area (Å²) in [5.74, 6) is 0.969. The van der Waals surface area contributed by atoms with Crippen LogP contribution in [0.25, 0.3) is 11.0 Å². The van der Waals surface area contributed by atoms with Crippen LogP contribution < -0.4 is 4.90 Å². The van der Waals surface area contributed by atoms with E-state index in [0.29, 0.717) is 5.52 Å². The minimum atomic E-state index is -0.374. The van der Waals surface area contributed by atoms with Gasteiger partial charge in [-0.15, -0.1) is 0 Å². The molecule has 3 aromatic rings. The molecule has 0 amide bonds. The molecule has 1 aliphatic rings. The lowest BCUT2D eigenvalue weighted by Gasteiger charge is -2.36. The van der Waals surface area contributed by atoms with Gasteiger partial charge in [0.15, 0.2) is 0 Å². The molecule has 28 heavy (non-hydrogen) atoms. The van der Waals surface area contributed by atoms with Crippen molar-refractivity contribution in [2.24, 2.45) is 7.05 Å². The quantitative estimate of drug-likeness (QED) is 0.503. The number of aromatic nitrogens is 2. The Labute approximate surface area is 164 Å². The van der Waals surface area contributed by atoms with Gasteiger partial charge in [-0.3, -0.25) is 15.0 Å². The lowest BCUT2D eigenvalue weighted by molar-refractivity contribution is -0.384. The molecule has 0 saturated carbocycles. The summed E-state index contributed by atoms with van der Waals surface area (Å²) >= 11 is 0. The van der Waals surface area contributed by atoms with Crippen LogP contribution in [-0.4, -0.2) is 52.1 Å². The van der Waals surface area contributed by atoms with Crippen molar-refractivity contribution in [2.45, 2.75) is 13.3 Å². The number of aryl methyl sites for hydroxylation is 2. The van der Waals surface area contributed by atoms with Crippen molar-refractivity contribution in [2.75, 3.05) is 37.6 Å². The SMILES string of the molecule is Cc1ccc(N2CCN(CCc3nc4cc([N+](=O)[O-])ccc4n3C)CC2)cc1. The Bertz CT molecular complexity index is 988. The average Bonchev–Trinajstić information content (AvgIpc) is 3.02. The first-order valence-corrected chi connectivity index (χ1v) is 9.65. The monoisotopic (exact) mass is 379 g/mol. The summed E-state index contributed by atoms with van der Waals surface area (Å²) in [6, 6.07) is 13.6. The molecule has 1 fully saturated rings. The Kier molecular flexibility index (Phi) is 5.00. The van der Waals surface area contributed by atoms with E-state index in [4.69, 9.17) is 0 Å². The van der Waals surface area contributed by atoms with Gasteiger partial charge in [0, 0.05) is 64.0 Å². The molecule has 7 nitrogen and oxygen atoms in total. The third-order valence-corrected chi connectivity index (χ3v) is 5.59. The second kappa shape index (κ2) is 7.59. The highest BCUT2D eigenvalue weighted by atomic mass is 16.6. The van der Waals surface area contributed by atoms with E-state index in [2.05, 4.69) is 46.0 Å². The molecule has 4 rings (SSSR count). The van der Waals surface area contributed by atoms with Gasteiger partial charge < -0.3 is 9.47 Å².